The first-order valence-electron chi connectivity index (χ1n) is 6.02. The molecule has 0 aliphatic heterocycles. The van der Waals surface area contributed by atoms with E-state index in [0.29, 0.717) is 24.1 Å². The Hall–Kier alpha value is -1.60. The summed E-state index contributed by atoms with van der Waals surface area (Å²) in [6.45, 7) is 1.44. The maximum Gasteiger partial charge on any atom is 0.144 e. The van der Waals surface area contributed by atoms with Crippen LogP contribution in [0.1, 0.15) is 25.0 Å². The Bertz CT molecular complexity index is 413. The summed E-state index contributed by atoms with van der Waals surface area (Å²) in [6.07, 6.45) is 5.25. The molecule has 0 spiro atoms. The van der Waals surface area contributed by atoms with Crippen molar-refractivity contribution in [3.05, 3.63) is 24.0 Å². The highest BCUT2D eigenvalue weighted by Gasteiger charge is 2.26. The molecule has 2 N–H and O–H groups in total. The average molecular weight is 231 g/mol. The first-order valence-corrected chi connectivity index (χ1v) is 6.02. The molecule has 2 atom stereocenters. The summed E-state index contributed by atoms with van der Waals surface area (Å²) in [5.41, 5.74) is 6.12. The van der Waals surface area contributed by atoms with E-state index in [9.17, 15) is 0 Å². The van der Waals surface area contributed by atoms with Crippen molar-refractivity contribution in [1.82, 2.24) is 4.98 Å². The molecule has 1 saturated carbocycles. The number of nitriles is 1. The van der Waals surface area contributed by atoms with Crippen molar-refractivity contribution >= 4 is 0 Å². The summed E-state index contributed by atoms with van der Waals surface area (Å²) >= 11 is 0. The minimum Gasteiger partial charge on any atom is -0.493 e. The van der Waals surface area contributed by atoms with E-state index in [4.69, 9.17) is 15.7 Å². The van der Waals surface area contributed by atoms with E-state index in [1.54, 1.807) is 18.3 Å². The van der Waals surface area contributed by atoms with Crippen LogP contribution >= 0.6 is 0 Å². The van der Waals surface area contributed by atoms with E-state index < -0.39 is 0 Å². The topological polar surface area (TPSA) is 71.9 Å². The van der Waals surface area contributed by atoms with Crippen molar-refractivity contribution in [3.63, 3.8) is 0 Å². The Morgan fingerprint density at radius 3 is 3.06 bits per heavy atom. The molecule has 0 bridgehead atoms. The zero-order valence-corrected chi connectivity index (χ0v) is 9.80. The lowest BCUT2D eigenvalue weighted by molar-refractivity contribution is 0.216. The molecule has 1 aliphatic carbocycles. The molecule has 90 valence electrons. The van der Waals surface area contributed by atoms with Gasteiger partial charge in [0.1, 0.15) is 17.5 Å². The van der Waals surface area contributed by atoms with Gasteiger partial charge in [-0.1, -0.05) is 6.42 Å². The van der Waals surface area contributed by atoms with Crippen LogP contribution in [0.25, 0.3) is 0 Å². The van der Waals surface area contributed by atoms with E-state index in [0.717, 1.165) is 12.3 Å². The minimum absolute atomic E-state index is 0.393. The molecule has 1 heterocycles. The first kappa shape index (κ1) is 11.9. The van der Waals surface area contributed by atoms with E-state index in [2.05, 4.69) is 4.98 Å². The van der Waals surface area contributed by atoms with Crippen LogP contribution in [0.15, 0.2) is 18.3 Å². The third-order valence-electron chi connectivity index (χ3n) is 3.43. The Labute approximate surface area is 101 Å². The fourth-order valence-corrected chi connectivity index (χ4v) is 2.41. The molecule has 4 nitrogen and oxygen atoms in total. The predicted octanol–water partition coefficient (Wildman–Crippen LogP) is 1.71. The highest BCUT2D eigenvalue weighted by Crippen LogP contribution is 2.31. The van der Waals surface area contributed by atoms with Gasteiger partial charge in [0, 0.05) is 12.3 Å². The highest BCUT2D eigenvalue weighted by atomic mass is 16.5. The van der Waals surface area contributed by atoms with E-state index in [-0.39, 0.29) is 0 Å². The van der Waals surface area contributed by atoms with Gasteiger partial charge in [-0.2, -0.15) is 5.26 Å². The fourth-order valence-electron chi connectivity index (χ4n) is 2.41. The molecule has 1 aromatic heterocycles. The smallest absolute Gasteiger partial charge is 0.144 e. The number of pyridine rings is 1. The molecule has 2 unspecified atom stereocenters. The highest BCUT2D eigenvalue weighted by molar-refractivity contribution is 5.29. The van der Waals surface area contributed by atoms with Crippen molar-refractivity contribution in [2.24, 2.45) is 17.6 Å². The number of ether oxygens (including phenoxy) is 1. The summed E-state index contributed by atoms with van der Waals surface area (Å²) < 4.78 is 5.72. The van der Waals surface area contributed by atoms with Gasteiger partial charge < -0.3 is 10.5 Å². The monoisotopic (exact) mass is 231 g/mol. The van der Waals surface area contributed by atoms with Gasteiger partial charge in [0.25, 0.3) is 0 Å². The third kappa shape index (κ3) is 2.95. The van der Waals surface area contributed by atoms with Crippen LogP contribution in [0.2, 0.25) is 0 Å². The van der Waals surface area contributed by atoms with Gasteiger partial charge in [0.05, 0.1) is 6.61 Å². The Balaban J connectivity index is 1.91. The minimum atomic E-state index is 0.393. The van der Waals surface area contributed by atoms with Gasteiger partial charge in [-0.3, -0.25) is 0 Å². The largest absolute Gasteiger partial charge is 0.493 e. The van der Waals surface area contributed by atoms with Crippen LogP contribution in [0.3, 0.4) is 0 Å². The van der Waals surface area contributed by atoms with Crippen LogP contribution in [-0.4, -0.2) is 18.1 Å². The SMILES string of the molecule is N#Cc1cc(OCC2CCCC2CN)ccn1. The fraction of sp³-hybridized carbons (Fsp3) is 0.538. The Kier molecular flexibility index (Phi) is 3.94. The maximum atomic E-state index is 8.74. The summed E-state index contributed by atoms with van der Waals surface area (Å²) in [5, 5.41) is 8.74. The van der Waals surface area contributed by atoms with Crippen LogP contribution in [-0.2, 0) is 0 Å². The molecule has 0 radical (unpaired) electrons. The molecule has 1 fully saturated rings. The van der Waals surface area contributed by atoms with Gasteiger partial charge in [0.15, 0.2) is 0 Å². The van der Waals surface area contributed by atoms with Crippen LogP contribution < -0.4 is 10.5 Å². The number of rotatable bonds is 4. The second-order valence-electron chi connectivity index (χ2n) is 4.49. The summed E-state index contributed by atoms with van der Waals surface area (Å²) in [4.78, 5) is 3.91. The number of nitrogens with zero attached hydrogens (tertiary/aromatic N) is 2. The predicted molar refractivity (Wildman–Crippen MR) is 64.3 cm³/mol. The van der Waals surface area contributed by atoms with Crippen molar-refractivity contribution < 1.29 is 4.74 Å². The van der Waals surface area contributed by atoms with Crippen molar-refractivity contribution in [3.8, 4) is 11.8 Å². The van der Waals surface area contributed by atoms with Crippen molar-refractivity contribution in [2.45, 2.75) is 19.3 Å². The maximum absolute atomic E-state index is 8.74. The molecular weight excluding hydrogens is 214 g/mol. The number of nitrogens with two attached hydrogens (primary N) is 1. The average Bonchev–Trinajstić information content (AvgIpc) is 2.84. The zero-order chi connectivity index (χ0) is 12.1. The lowest BCUT2D eigenvalue weighted by atomic mass is 9.97. The molecule has 4 heteroatoms. The van der Waals surface area contributed by atoms with E-state index >= 15 is 0 Å². The molecule has 1 aliphatic rings. The van der Waals surface area contributed by atoms with E-state index in [1.807, 2.05) is 6.07 Å². The molecule has 0 amide bonds. The van der Waals surface area contributed by atoms with Crippen LogP contribution in [0.4, 0.5) is 0 Å². The summed E-state index contributed by atoms with van der Waals surface area (Å²) in [6, 6.07) is 5.46. The standard InChI is InChI=1S/C13H17N3O/c14-7-10-2-1-3-11(10)9-17-13-4-5-16-12(6-13)8-15/h4-6,10-11H,1-3,7,9,14H2. The number of aromatic nitrogens is 1. The van der Waals surface area contributed by atoms with Crippen LogP contribution in [0, 0.1) is 23.2 Å². The number of hydrogen-bond donors (Lipinski definition) is 1. The molecule has 0 saturated heterocycles. The van der Waals surface area contributed by atoms with Crippen molar-refractivity contribution in [2.75, 3.05) is 13.2 Å². The molecule has 2 rings (SSSR count). The van der Waals surface area contributed by atoms with E-state index in [1.165, 1.54) is 19.3 Å². The van der Waals surface area contributed by atoms with Gasteiger partial charge in [-0.15, -0.1) is 0 Å². The summed E-state index contributed by atoms with van der Waals surface area (Å²) in [5.74, 6) is 1.87. The van der Waals surface area contributed by atoms with Gasteiger partial charge in [-0.25, -0.2) is 4.98 Å². The third-order valence-corrected chi connectivity index (χ3v) is 3.43. The van der Waals surface area contributed by atoms with Gasteiger partial charge in [-0.05, 0) is 37.3 Å². The quantitative estimate of drug-likeness (QED) is 0.856. The molecular formula is C13H17N3O. The van der Waals surface area contributed by atoms with Gasteiger partial charge in [0.2, 0.25) is 0 Å². The second kappa shape index (κ2) is 5.65. The molecule has 17 heavy (non-hydrogen) atoms. The van der Waals surface area contributed by atoms with Crippen molar-refractivity contribution in [1.29, 1.82) is 5.26 Å². The Morgan fingerprint density at radius 2 is 2.29 bits per heavy atom. The summed E-state index contributed by atoms with van der Waals surface area (Å²) in [7, 11) is 0. The van der Waals surface area contributed by atoms with Gasteiger partial charge >= 0.3 is 0 Å². The molecule has 0 aromatic carbocycles. The second-order valence-corrected chi connectivity index (χ2v) is 4.49. The van der Waals surface area contributed by atoms with Crippen LogP contribution in [0.5, 0.6) is 5.75 Å². The Morgan fingerprint density at radius 1 is 1.47 bits per heavy atom. The normalized spacial score (nSPS) is 23.3. The first-order chi connectivity index (χ1) is 8.33. The lowest BCUT2D eigenvalue weighted by Gasteiger charge is -2.18. The lowest BCUT2D eigenvalue weighted by Crippen LogP contribution is -2.23. The zero-order valence-electron chi connectivity index (χ0n) is 9.80. The molecule has 1 aromatic rings. The number of hydrogen-bond acceptors (Lipinski definition) is 4.